The third kappa shape index (κ3) is 7.62. The molecule has 1 heterocycles. The highest BCUT2D eigenvalue weighted by Gasteiger charge is 2.30. The zero-order valence-electron chi connectivity index (χ0n) is 15.8. The zero-order valence-corrected chi connectivity index (χ0v) is 15.8. The second-order valence-corrected chi connectivity index (χ2v) is 6.06. The summed E-state index contributed by atoms with van der Waals surface area (Å²) in [6.45, 7) is 7.36. The third-order valence-electron chi connectivity index (χ3n) is 4.15. The number of carbonyl (C=O) groups excluding carboxylic acids is 1. The van der Waals surface area contributed by atoms with Gasteiger partial charge in [0.2, 0.25) is 0 Å². The van der Waals surface area contributed by atoms with Crippen LogP contribution in [0.5, 0.6) is 0 Å². The molecular formula is C20H27NO6. The van der Waals surface area contributed by atoms with Crippen molar-refractivity contribution in [1.29, 1.82) is 0 Å². The summed E-state index contributed by atoms with van der Waals surface area (Å²) in [6.07, 6.45) is 4.15. The van der Waals surface area contributed by atoms with Crippen molar-refractivity contribution in [1.82, 2.24) is 4.90 Å². The number of carboxylic acids is 2. The van der Waals surface area contributed by atoms with Crippen molar-refractivity contribution < 1.29 is 29.3 Å². The number of nitrogens with zero attached hydrogens (tertiary/aromatic N) is 1. The Bertz CT molecular complexity index is 644. The maximum atomic E-state index is 12.4. The van der Waals surface area contributed by atoms with E-state index < -0.39 is 11.9 Å². The number of benzene rings is 1. The minimum absolute atomic E-state index is 0.0864. The molecule has 7 heteroatoms. The molecule has 1 aliphatic rings. The summed E-state index contributed by atoms with van der Waals surface area (Å²) in [6, 6.07) is 10.2. The molecule has 7 nitrogen and oxygen atoms in total. The Labute approximate surface area is 159 Å². The minimum atomic E-state index is -1.82. The number of carboxylic acid groups (broad SMARTS) is 2. The lowest BCUT2D eigenvalue weighted by Crippen LogP contribution is -2.38. The van der Waals surface area contributed by atoms with Crippen LogP contribution in [0.15, 0.2) is 36.4 Å². The summed E-state index contributed by atoms with van der Waals surface area (Å²) in [7, 11) is 0. The van der Waals surface area contributed by atoms with Crippen LogP contribution >= 0.6 is 0 Å². The molecule has 148 valence electrons. The van der Waals surface area contributed by atoms with Gasteiger partial charge in [0.25, 0.3) is 0 Å². The predicted octanol–water partition coefficient (Wildman–Crippen LogP) is 2.52. The first-order valence-corrected chi connectivity index (χ1v) is 9.01. The van der Waals surface area contributed by atoms with Crippen molar-refractivity contribution in [2.45, 2.75) is 26.7 Å². The molecule has 2 N–H and O–H groups in total. The first kappa shape index (κ1) is 22.4. The standard InChI is InChI=1S/C18H25NO2.C2H2O4/c1-3-5-13-21-18(20)17-14-19(4-2)12-11-16(17)15-9-7-6-8-10-15;3-1(4)2(5)6/h6-11,17H,3-5,12-14H2,1-2H3;(H,3,4)(H,5,6). The van der Waals surface area contributed by atoms with E-state index >= 15 is 0 Å². The van der Waals surface area contributed by atoms with Crippen molar-refractivity contribution in [3.05, 3.63) is 42.0 Å². The summed E-state index contributed by atoms with van der Waals surface area (Å²) in [5.41, 5.74) is 2.24. The molecule has 0 bridgehead atoms. The first-order valence-electron chi connectivity index (χ1n) is 9.01. The average molecular weight is 377 g/mol. The lowest BCUT2D eigenvalue weighted by molar-refractivity contribution is -0.159. The van der Waals surface area contributed by atoms with E-state index in [2.05, 4.69) is 37.0 Å². The van der Waals surface area contributed by atoms with E-state index in [9.17, 15) is 4.79 Å². The number of carbonyl (C=O) groups is 3. The van der Waals surface area contributed by atoms with Gasteiger partial charge in [0.1, 0.15) is 0 Å². The predicted molar refractivity (Wildman–Crippen MR) is 101 cm³/mol. The van der Waals surface area contributed by atoms with Crippen molar-refractivity contribution in [3.63, 3.8) is 0 Å². The fraction of sp³-hybridized carbons (Fsp3) is 0.450. The molecule has 0 radical (unpaired) electrons. The number of esters is 1. The first-order chi connectivity index (χ1) is 12.9. The normalized spacial score (nSPS) is 16.5. The number of hydrogen-bond donors (Lipinski definition) is 2. The molecule has 0 amide bonds. The molecular weight excluding hydrogens is 350 g/mol. The number of unbranched alkanes of at least 4 members (excludes halogenated alkanes) is 1. The van der Waals surface area contributed by atoms with Crippen LogP contribution in [0.1, 0.15) is 32.3 Å². The van der Waals surface area contributed by atoms with E-state index in [-0.39, 0.29) is 11.9 Å². The maximum absolute atomic E-state index is 12.4. The summed E-state index contributed by atoms with van der Waals surface area (Å²) in [5.74, 6) is -3.90. The van der Waals surface area contributed by atoms with Gasteiger partial charge < -0.3 is 14.9 Å². The molecule has 1 aromatic rings. The van der Waals surface area contributed by atoms with Crippen LogP contribution in [-0.2, 0) is 19.1 Å². The SMILES string of the molecule is CCCCOC(=O)C1CN(CC)CC=C1c1ccccc1.O=C(O)C(=O)O. The second kappa shape index (κ2) is 11.9. The molecule has 0 saturated carbocycles. The number of hydrogen-bond acceptors (Lipinski definition) is 5. The van der Waals surface area contributed by atoms with Crippen molar-refractivity contribution >= 4 is 23.5 Å². The van der Waals surface area contributed by atoms with Crippen LogP contribution < -0.4 is 0 Å². The van der Waals surface area contributed by atoms with Crippen LogP contribution in [0.4, 0.5) is 0 Å². The lowest BCUT2D eigenvalue weighted by Gasteiger charge is -2.31. The van der Waals surface area contributed by atoms with Crippen LogP contribution in [0.25, 0.3) is 5.57 Å². The number of likely N-dealkylation sites (N-methyl/N-ethyl adjacent to an activating group) is 1. The monoisotopic (exact) mass is 377 g/mol. The second-order valence-electron chi connectivity index (χ2n) is 6.06. The highest BCUT2D eigenvalue weighted by Crippen LogP contribution is 2.28. The average Bonchev–Trinajstić information content (AvgIpc) is 2.68. The Kier molecular flexibility index (Phi) is 9.82. The van der Waals surface area contributed by atoms with Gasteiger partial charge in [-0.15, -0.1) is 0 Å². The van der Waals surface area contributed by atoms with Gasteiger partial charge in [-0.25, -0.2) is 9.59 Å². The van der Waals surface area contributed by atoms with E-state index in [4.69, 9.17) is 24.5 Å². The molecule has 0 aromatic heterocycles. The fourth-order valence-electron chi connectivity index (χ4n) is 2.63. The Balaban J connectivity index is 0.000000527. The van der Waals surface area contributed by atoms with Crippen molar-refractivity contribution in [3.8, 4) is 0 Å². The molecule has 0 spiro atoms. The molecule has 2 rings (SSSR count). The molecule has 0 saturated heterocycles. The van der Waals surface area contributed by atoms with Gasteiger partial charge in [0, 0.05) is 13.1 Å². The van der Waals surface area contributed by atoms with Gasteiger partial charge in [0.15, 0.2) is 0 Å². The summed E-state index contributed by atoms with van der Waals surface area (Å²) < 4.78 is 5.46. The zero-order chi connectivity index (χ0) is 20.2. The van der Waals surface area contributed by atoms with Crippen LogP contribution in [0.3, 0.4) is 0 Å². The highest BCUT2D eigenvalue weighted by molar-refractivity contribution is 6.27. The van der Waals surface area contributed by atoms with Gasteiger partial charge in [-0.3, -0.25) is 9.69 Å². The third-order valence-corrected chi connectivity index (χ3v) is 4.15. The topological polar surface area (TPSA) is 104 Å². The molecule has 0 aliphatic carbocycles. The van der Waals surface area contributed by atoms with Crippen molar-refractivity contribution in [2.75, 3.05) is 26.2 Å². The Morgan fingerprint density at radius 3 is 2.26 bits per heavy atom. The van der Waals surface area contributed by atoms with E-state index in [0.29, 0.717) is 6.61 Å². The lowest BCUT2D eigenvalue weighted by atomic mass is 9.89. The van der Waals surface area contributed by atoms with Crippen LogP contribution in [0, 0.1) is 5.92 Å². The van der Waals surface area contributed by atoms with E-state index in [0.717, 1.165) is 43.6 Å². The van der Waals surface area contributed by atoms with E-state index in [1.807, 2.05) is 18.2 Å². The summed E-state index contributed by atoms with van der Waals surface area (Å²) >= 11 is 0. The molecule has 0 fully saturated rings. The van der Waals surface area contributed by atoms with Gasteiger partial charge in [-0.05, 0) is 24.1 Å². The number of ether oxygens (including phenoxy) is 1. The molecule has 1 atom stereocenters. The van der Waals surface area contributed by atoms with E-state index in [1.54, 1.807) is 0 Å². The number of rotatable bonds is 6. The number of aliphatic carboxylic acids is 2. The fourth-order valence-corrected chi connectivity index (χ4v) is 2.63. The van der Waals surface area contributed by atoms with Crippen molar-refractivity contribution in [2.24, 2.45) is 5.92 Å². The van der Waals surface area contributed by atoms with E-state index in [1.165, 1.54) is 0 Å². The molecule has 27 heavy (non-hydrogen) atoms. The minimum Gasteiger partial charge on any atom is -0.473 e. The Morgan fingerprint density at radius 1 is 1.11 bits per heavy atom. The summed E-state index contributed by atoms with van der Waals surface area (Å²) in [5, 5.41) is 14.8. The summed E-state index contributed by atoms with van der Waals surface area (Å²) in [4.78, 5) is 32.9. The van der Waals surface area contributed by atoms with Gasteiger partial charge in [-0.2, -0.15) is 0 Å². The molecule has 1 aliphatic heterocycles. The maximum Gasteiger partial charge on any atom is 0.414 e. The molecule has 1 unspecified atom stereocenters. The quantitative estimate of drug-likeness (QED) is 0.446. The smallest absolute Gasteiger partial charge is 0.414 e. The van der Waals surface area contributed by atoms with Gasteiger partial charge in [0.05, 0.1) is 12.5 Å². The van der Waals surface area contributed by atoms with Crippen LogP contribution in [-0.4, -0.2) is 59.3 Å². The highest BCUT2D eigenvalue weighted by atomic mass is 16.5. The Morgan fingerprint density at radius 2 is 1.74 bits per heavy atom. The van der Waals surface area contributed by atoms with Gasteiger partial charge in [-0.1, -0.05) is 56.7 Å². The Hall–Kier alpha value is -2.67. The van der Waals surface area contributed by atoms with Crippen LogP contribution in [0.2, 0.25) is 0 Å². The largest absolute Gasteiger partial charge is 0.473 e. The molecule has 1 aromatic carbocycles. The van der Waals surface area contributed by atoms with Gasteiger partial charge >= 0.3 is 17.9 Å².